The number of aryl methyl sites for hydroxylation is 2. The van der Waals surface area contributed by atoms with Gasteiger partial charge in [-0.1, -0.05) is 185 Å². The second-order valence-electron chi connectivity index (χ2n) is 15.1. The van der Waals surface area contributed by atoms with Crippen molar-refractivity contribution in [2.75, 3.05) is 0 Å². The molecule has 0 spiro atoms. The van der Waals surface area contributed by atoms with Gasteiger partial charge in [0.1, 0.15) is 0 Å². The number of benzene rings is 2. The molecule has 2 aromatic carbocycles. The fraction of sp³-hybridized carbons (Fsp3) is 0.647. The van der Waals surface area contributed by atoms with Crippen molar-refractivity contribution in [2.45, 2.75) is 213 Å². The number of rotatable bonds is 29. The Kier molecular flexibility index (Phi) is 33.0. The van der Waals surface area contributed by atoms with E-state index < -0.39 is 0 Å². The van der Waals surface area contributed by atoms with Gasteiger partial charge in [-0.15, -0.1) is 16.6 Å². The van der Waals surface area contributed by atoms with Crippen molar-refractivity contribution in [2.24, 2.45) is 0 Å². The van der Waals surface area contributed by atoms with Crippen LogP contribution in [0.15, 0.2) is 59.7 Å². The molecule has 0 N–H and O–H groups in total. The van der Waals surface area contributed by atoms with Crippen LogP contribution in [0, 0.1) is 11.8 Å². The quantitative estimate of drug-likeness (QED) is 0.0150. The molecule has 0 aliphatic carbocycles. The molecule has 0 saturated heterocycles. The summed E-state index contributed by atoms with van der Waals surface area (Å²) < 4.78 is 0. The molecule has 0 unspecified atom stereocenters. The van der Waals surface area contributed by atoms with E-state index >= 15 is 0 Å². The first-order valence-corrected chi connectivity index (χ1v) is 24.1. The molecule has 2 rings (SSSR count). The summed E-state index contributed by atoms with van der Waals surface area (Å²) in [5.74, 6) is 14.2. The van der Waals surface area contributed by atoms with Crippen molar-refractivity contribution in [3.63, 3.8) is 0 Å². The van der Waals surface area contributed by atoms with E-state index in [4.69, 9.17) is 0 Å². The summed E-state index contributed by atoms with van der Waals surface area (Å²) in [5.41, 5.74) is 18.5. The van der Waals surface area contributed by atoms with Gasteiger partial charge >= 0.3 is 32.1 Å². The van der Waals surface area contributed by atoms with Gasteiger partial charge in [0.15, 0.2) is 0 Å². The van der Waals surface area contributed by atoms with E-state index in [1.165, 1.54) is 143 Å². The zero-order chi connectivity index (χ0) is 39.3. The number of hydrogen-bond donors (Lipinski definition) is 0. The van der Waals surface area contributed by atoms with E-state index in [0.29, 0.717) is 0 Å². The van der Waals surface area contributed by atoms with Crippen LogP contribution in [0.4, 0.5) is 0 Å². The van der Waals surface area contributed by atoms with Crippen LogP contribution in [0.2, 0.25) is 11.8 Å². The molecule has 0 heterocycles. The first-order valence-electron chi connectivity index (χ1n) is 22.2. The van der Waals surface area contributed by atoms with Crippen LogP contribution in [0.1, 0.15) is 210 Å². The van der Waals surface area contributed by atoms with Crippen LogP contribution < -0.4 is 0 Å². The first-order chi connectivity index (χ1) is 26.6. The summed E-state index contributed by atoms with van der Waals surface area (Å²) in [7, 11) is 0. The van der Waals surface area contributed by atoms with E-state index in [0.717, 1.165) is 69.8 Å². The molecule has 2 aromatic rings. The van der Waals surface area contributed by atoms with Crippen molar-refractivity contribution in [3.8, 4) is 11.8 Å². The van der Waals surface area contributed by atoms with Crippen LogP contribution in [0.5, 0.6) is 0 Å². The van der Waals surface area contributed by atoms with Gasteiger partial charge in [-0.3, -0.25) is 0 Å². The third-order valence-electron chi connectivity index (χ3n) is 10.3. The molecule has 0 amide bonds. The third-order valence-corrected chi connectivity index (χ3v) is 10.3. The van der Waals surface area contributed by atoms with Gasteiger partial charge in [0.25, 0.3) is 0 Å². The maximum atomic E-state index is 9.69. The maximum absolute atomic E-state index is 9.69. The van der Waals surface area contributed by atoms with E-state index in [-0.39, 0.29) is 0 Å². The van der Waals surface area contributed by atoms with Crippen molar-refractivity contribution in [1.29, 1.82) is 0 Å². The topological polar surface area (TPSA) is 36.4 Å². The minimum atomic E-state index is 0.866. The van der Waals surface area contributed by atoms with Gasteiger partial charge in [-0.25, -0.2) is 0 Å². The summed E-state index contributed by atoms with van der Waals surface area (Å²) in [6.07, 6.45) is 33.5. The van der Waals surface area contributed by atoms with E-state index in [2.05, 4.69) is 111 Å². The van der Waals surface area contributed by atoms with Crippen LogP contribution in [0.3, 0.4) is 0 Å². The predicted molar refractivity (Wildman–Crippen MR) is 236 cm³/mol. The van der Waals surface area contributed by atoms with Gasteiger partial charge in [-0.05, 0) is 84.8 Å². The summed E-state index contributed by atoms with van der Waals surface area (Å²) in [6.45, 7) is 9.02. The van der Waals surface area contributed by atoms with Crippen molar-refractivity contribution in [3.05, 3.63) is 87.5 Å². The predicted octanol–water partition coefficient (Wildman–Crippen LogP) is 16.4. The third kappa shape index (κ3) is 23.3. The molecule has 0 atom stereocenters. The Hall–Kier alpha value is -2.61. The fourth-order valence-corrected chi connectivity index (χ4v) is 7.12. The Balaban J connectivity index is 0.00000469. The van der Waals surface area contributed by atoms with Crippen molar-refractivity contribution in [1.82, 2.24) is 0 Å². The average Bonchev–Trinajstić information content (AvgIpc) is 3.19. The van der Waals surface area contributed by atoms with Crippen LogP contribution in [-0.2, 0) is 27.3 Å². The SMILES string of the molecule is CCCCCCCCCCCCCCCCCC#CCCc1ccccc1C(=C(CCCC)C(=C=[N+]=[N-])CCCC)c1ccc(CCCC)cc1.[CH3][Ni][CH3]. The molecule has 0 saturated carbocycles. The number of nitrogens with zero attached hydrogens (tertiary/aromatic N) is 2. The molecule has 3 heteroatoms. The number of hydrogen-bond acceptors (Lipinski definition) is 0. The second kappa shape index (κ2) is 36.1. The molecular formula is C51H80N2Ni. The Bertz CT molecular complexity index is 1380. The standard InChI is InChI=1S/C49H74N2.2CH3.Ni/c1-5-9-13-14-15-16-17-18-19-20-21-22-23-24-25-26-27-28-29-34-44-35-30-31-37-47(44)49(45-40-38-43(39-41-45)32-10-6-2)48(36-12-8-4)46(42-51-50)33-11-7-3;;;/h30-31,35,37-41H,5-26,29,32-34,36H2,1-4H3;2*1H3;. The molecule has 304 valence electrons. The summed E-state index contributed by atoms with van der Waals surface area (Å²) in [4.78, 5) is 3.45. The van der Waals surface area contributed by atoms with E-state index in [9.17, 15) is 5.53 Å². The Morgan fingerprint density at radius 1 is 0.556 bits per heavy atom. The Labute approximate surface area is 341 Å². The molecule has 0 aliphatic rings. The summed E-state index contributed by atoms with van der Waals surface area (Å²) in [6, 6.07) is 18.2. The molecule has 2 nitrogen and oxygen atoms in total. The minimum absolute atomic E-state index is 0.866. The molecule has 0 fully saturated rings. The van der Waals surface area contributed by atoms with Crippen LogP contribution >= 0.6 is 0 Å². The monoisotopic (exact) mass is 779 g/mol. The van der Waals surface area contributed by atoms with E-state index in [1.54, 1.807) is 14.4 Å². The molecule has 0 aromatic heterocycles. The van der Waals surface area contributed by atoms with Crippen LogP contribution in [-0.4, -0.2) is 10.7 Å². The zero-order valence-corrected chi connectivity index (χ0v) is 36.9. The Morgan fingerprint density at radius 3 is 1.61 bits per heavy atom. The second-order valence-corrected chi connectivity index (χ2v) is 16.1. The number of unbranched alkanes of at least 4 members (excludes halogenated alkanes) is 18. The molecule has 0 radical (unpaired) electrons. The average molecular weight is 780 g/mol. The summed E-state index contributed by atoms with van der Waals surface area (Å²) >= 11 is 1.62. The molecule has 0 aliphatic heterocycles. The first kappa shape index (κ1) is 49.4. The van der Waals surface area contributed by atoms with E-state index in [1.807, 2.05) is 0 Å². The van der Waals surface area contributed by atoms with Gasteiger partial charge < -0.3 is 5.53 Å². The summed E-state index contributed by atoms with van der Waals surface area (Å²) in [5, 5.41) is 0. The van der Waals surface area contributed by atoms with Gasteiger partial charge in [0, 0.05) is 12.8 Å². The molecule has 0 bridgehead atoms. The normalized spacial score (nSPS) is 11.1. The number of allylic oxidation sites excluding steroid dienone is 2. The fourth-order valence-electron chi connectivity index (χ4n) is 7.12. The van der Waals surface area contributed by atoms with Crippen molar-refractivity contribution < 1.29 is 19.2 Å². The van der Waals surface area contributed by atoms with Crippen molar-refractivity contribution >= 4 is 11.4 Å². The zero-order valence-electron chi connectivity index (χ0n) is 35.9. The van der Waals surface area contributed by atoms with Gasteiger partial charge in [-0.2, -0.15) is 0 Å². The Morgan fingerprint density at radius 2 is 1.06 bits per heavy atom. The molecule has 54 heavy (non-hydrogen) atoms. The molecular weight excluding hydrogens is 699 g/mol. The van der Waals surface area contributed by atoms with Gasteiger partial charge in [0.2, 0.25) is 0 Å². The van der Waals surface area contributed by atoms with Crippen LogP contribution in [0.25, 0.3) is 11.1 Å². The van der Waals surface area contributed by atoms with Gasteiger partial charge in [0.05, 0.1) is 5.57 Å².